The van der Waals surface area contributed by atoms with Gasteiger partial charge in [0.1, 0.15) is 11.8 Å². The van der Waals surface area contributed by atoms with Crippen molar-refractivity contribution in [3.8, 4) is 0 Å². The van der Waals surface area contributed by atoms with Crippen LogP contribution in [0, 0.1) is 5.92 Å². The summed E-state index contributed by atoms with van der Waals surface area (Å²) >= 11 is 1.88. The number of rotatable bonds is 10. The number of hydrogen-bond donors (Lipinski definition) is 1. The van der Waals surface area contributed by atoms with Gasteiger partial charge in [-0.05, 0) is 80.9 Å². The Bertz CT molecular complexity index is 2040. The SMILES string of the molecule is CCOC(=O)c1ccc(N2C(=O)C3Sc4c(sc(=O)n4CC(=O)Nc4cccc(C(F)(F)F)c4)C(c4ccc(N(CC)CC)cc4)C3C2=O)cc1. The largest absolute Gasteiger partial charge is 0.462 e. The number of anilines is 3. The standard InChI is InChI=1S/C36H33F3N4O6S2/c1-4-41(5-2)24-14-10-20(11-15-24)27-28-29(32(46)43(31(28)45)25-16-12-21(13-17-25)34(47)49-6-3)50-33-30(27)51-35(48)42(33)19-26(44)40-23-9-7-8-22(18-23)36(37,38)39/h7-18,27-29H,4-6,19H2,1-3H3,(H,40,44). The van der Waals surface area contributed by atoms with E-state index in [2.05, 4.69) is 10.2 Å². The number of nitrogens with zero attached hydrogens (tertiary/aromatic N) is 3. The molecule has 4 aromatic rings. The van der Waals surface area contributed by atoms with E-state index in [1.807, 2.05) is 38.1 Å². The van der Waals surface area contributed by atoms with Gasteiger partial charge in [-0.3, -0.25) is 23.7 Å². The van der Waals surface area contributed by atoms with Crippen LogP contribution in [0.1, 0.15) is 53.1 Å². The van der Waals surface area contributed by atoms with Gasteiger partial charge in [-0.1, -0.05) is 41.3 Å². The van der Waals surface area contributed by atoms with Crippen LogP contribution < -0.4 is 20.0 Å². The van der Waals surface area contributed by atoms with Gasteiger partial charge in [0, 0.05) is 35.3 Å². The highest BCUT2D eigenvalue weighted by atomic mass is 32.2. The van der Waals surface area contributed by atoms with Crippen molar-refractivity contribution >= 4 is 63.9 Å². The summed E-state index contributed by atoms with van der Waals surface area (Å²) in [5.74, 6) is -3.89. The Morgan fingerprint density at radius 1 is 0.922 bits per heavy atom. The smallest absolute Gasteiger partial charge is 0.416 e. The van der Waals surface area contributed by atoms with Crippen molar-refractivity contribution in [1.82, 2.24) is 4.57 Å². The molecule has 1 fully saturated rings. The van der Waals surface area contributed by atoms with Crippen molar-refractivity contribution in [3.05, 3.63) is 104 Å². The molecular formula is C36H33F3N4O6S2. The number of nitrogens with one attached hydrogen (secondary N) is 1. The highest BCUT2D eigenvalue weighted by Gasteiger charge is 2.57. The van der Waals surface area contributed by atoms with Gasteiger partial charge in [0.05, 0.1) is 34.4 Å². The highest BCUT2D eigenvalue weighted by Crippen LogP contribution is 2.54. The molecule has 15 heteroatoms. The third kappa shape index (κ3) is 6.91. The zero-order valence-corrected chi connectivity index (χ0v) is 29.4. The van der Waals surface area contributed by atoms with E-state index >= 15 is 0 Å². The van der Waals surface area contributed by atoms with Crippen LogP contribution in [0.25, 0.3) is 0 Å². The summed E-state index contributed by atoms with van der Waals surface area (Å²) in [5, 5.41) is 1.81. The van der Waals surface area contributed by atoms with Crippen LogP contribution in [0.5, 0.6) is 0 Å². The molecule has 1 N–H and O–H groups in total. The molecule has 1 saturated heterocycles. The number of aromatic nitrogens is 1. The van der Waals surface area contributed by atoms with E-state index in [0.717, 1.165) is 58.9 Å². The van der Waals surface area contributed by atoms with Gasteiger partial charge in [-0.2, -0.15) is 13.2 Å². The van der Waals surface area contributed by atoms with Crippen molar-refractivity contribution in [2.24, 2.45) is 5.92 Å². The molecule has 10 nitrogen and oxygen atoms in total. The fourth-order valence-corrected chi connectivity index (χ4v) is 9.20. The van der Waals surface area contributed by atoms with Gasteiger partial charge in [0.2, 0.25) is 17.7 Å². The number of alkyl halides is 3. The molecular weight excluding hydrogens is 706 g/mol. The summed E-state index contributed by atoms with van der Waals surface area (Å²) in [6.45, 7) is 6.95. The molecule has 51 heavy (non-hydrogen) atoms. The van der Waals surface area contributed by atoms with Gasteiger partial charge in [0.15, 0.2) is 0 Å². The number of hydrogen-bond acceptors (Lipinski definition) is 9. The molecule has 3 unspecified atom stereocenters. The van der Waals surface area contributed by atoms with Crippen LogP contribution in [-0.2, 0) is 31.8 Å². The fraction of sp³-hybridized carbons (Fsp3) is 0.306. The lowest BCUT2D eigenvalue weighted by Crippen LogP contribution is -2.33. The minimum Gasteiger partial charge on any atom is -0.462 e. The highest BCUT2D eigenvalue weighted by molar-refractivity contribution is 8.00. The molecule has 3 amide bonds. The fourth-order valence-electron chi connectivity index (χ4n) is 6.43. The number of amides is 3. The number of carbonyl (C=O) groups excluding carboxylic acids is 4. The third-order valence-electron chi connectivity index (χ3n) is 8.84. The van der Waals surface area contributed by atoms with Crippen LogP contribution >= 0.6 is 23.1 Å². The van der Waals surface area contributed by atoms with E-state index in [-0.39, 0.29) is 23.5 Å². The van der Waals surface area contributed by atoms with Gasteiger partial charge >= 0.3 is 17.0 Å². The van der Waals surface area contributed by atoms with E-state index in [0.29, 0.717) is 15.5 Å². The number of halogens is 3. The second kappa shape index (κ2) is 14.4. The van der Waals surface area contributed by atoms with Gasteiger partial charge in [0.25, 0.3) is 0 Å². The molecule has 2 aliphatic rings. The molecule has 0 saturated carbocycles. The van der Waals surface area contributed by atoms with Crippen molar-refractivity contribution in [2.45, 2.75) is 49.7 Å². The molecule has 2 aliphatic heterocycles. The van der Waals surface area contributed by atoms with Crippen LogP contribution in [0.3, 0.4) is 0 Å². The average Bonchev–Trinajstić information content (AvgIpc) is 3.55. The maximum absolute atomic E-state index is 14.3. The molecule has 0 aliphatic carbocycles. The van der Waals surface area contributed by atoms with Crippen LogP contribution in [0.4, 0.5) is 30.2 Å². The number of carbonyl (C=O) groups is 4. The van der Waals surface area contributed by atoms with Crippen molar-refractivity contribution in [3.63, 3.8) is 0 Å². The Labute approximate surface area is 299 Å². The topological polar surface area (TPSA) is 118 Å². The van der Waals surface area contributed by atoms with E-state index in [4.69, 9.17) is 4.74 Å². The Hall–Kier alpha value is -4.89. The van der Waals surface area contributed by atoms with E-state index < -0.39 is 63.9 Å². The lowest BCUT2D eigenvalue weighted by Gasteiger charge is -2.31. The molecule has 3 aromatic carbocycles. The first-order valence-electron chi connectivity index (χ1n) is 16.2. The van der Waals surface area contributed by atoms with E-state index in [9.17, 15) is 37.1 Å². The molecule has 266 valence electrons. The Morgan fingerprint density at radius 2 is 1.61 bits per heavy atom. The minimum absolute atomic E-state index is 0.0907. The van der Waals surface area contributed by atoms with E-state index in [1.165, 1.54) is 41.0 Å². The zero-order chi connectivity index (χ0) is 36.6. The number of benzene rings is 3. The first kappa shape index (κ1) is 35.9. The van der Waals surface area contributed by atoms with Crippen LogP contribution in [-0.4, -0.2) is 53.2 Å². The number of thiazole rings is 1. The number of esters is 1. The summed E-state index contributed by atoms with van der Waals surface area (Å²) < 4.78 is 46.1. The zero-order valence-electron chi connectivity index (χ0n) is 27.7. The average molecular weight is 739 g/mol. The number of imide groups is 1. The number of thioether (sulfide) groups is 1. The minimum atomic E-state index is -4.61. The second-order valence-electron chi connectivity index (χ2n) is 11.8. The summed E-state index contributed by atoms with van der Waals surface area (Å²) in [6.07, 6.45) is -4.61. The summed E-state index contributed by atoms with van der Waals surface area (Å²) in [7, 11) is 0. The summed E-state index contributed by atoms with van der Waals surface area (Å²) in [4.78, 5) is 70.5. The van der Waals surface area contributed by atoms with Gasteiger partial charge in [-0.15, -0.1) is 0 Å². The third-order valence-corrected chi connectivity index (χ3v) is 11.4. The predicted octanol–water partition coefficient (Wildman–Crippen LogP) is 6.39. The molecule has 1 aromatic heterocycles. The first-order valence-corrected chi connectivity index (χ1v) is 17.9. The first-order chi connectivity index (χ1) is 24.4. The Kier molecular flexibility index (Phi) is 10.1. The second-order valence-corrected chi connectivity index (χ2v) is 14.0. The lowest BCUT2D eigenvalue weighted by atomic mass is 9.83. The van der Waals surface area contributed by atoms with Gasteiger partial charge < -0.3 is 15.0 Å². The van der Waals surface area contributed by atoms with Crippen LogP contribution in [0.2, 0.25) is 0 Å². The summed E-state index contributed by atoms with van der Waals surface area (Å²) in [6, 6.07) is 17.7. The monoisotopic (exact) mass is 738 g/mol. The van der Waals surface area contributed by atoms with Crippen molar-refractivity contribution in [1.29, 1.82) is 0 Å². The quantitative estimate of drug-likeness (QED) is 0.147. The molecule has 0 bridgehead atoms. The van der Waals surface area contributed by atoms with E-state index in [1.54, 1.807) is 6.92 Å². The normalized spacial score (nSPS) is 18.3. The van der Waals surface area contributed by atoms with Crippen LogP contribution in [0.15, 0.2) is 82.6 Å². The molecule has 0 radical (unpaired) electrons. The number of fused-ring (bicyclic) bond motifs is 2. The maximum Gasteiger partial charge on any atom is 0.416 e. The molecule has 6 rings (SSSR count). The predicted molar refractivity (Wildman–Crippen MR) is 189 cm³/mol. The van der Waals surface area contributed by atoms with Crippen molar-refractivity contribution < 1.29 is 37.1 Å². The lowest BCUT2D eigenvalue weighted by molar-refractivity contribution is -0.137. The van der Waals surface area contributed by atoms with Gasteiger partial charge in [-0.25, -0.2) is 9.69 Å². The maximum atomic E-state index is 14.3. The number of ether oxygens (including phenoxy) is 1. The van der Waals surface area contributed by atoms with Crippen molar-refractivity contribution in [2.75, 3.05) is 34.8 Å². The molecule has 3 atom stereocenters. The Morgan fingerprint density at radius 3 is 2.24 bits per heavy atom. The molecule has 0 spiro atoms. The Balaban J connectivity index is 1.37. The molecule has 3 heterocycles. The summed E-state index contributed by atoms with van der Waals surface area (Å²) in [5.41, 5.74) is 1.15.